The lowest BCUT2D eigenvalue weighted by molar-refractivity contribution is 0.0601. The topological polar surface area (TPSA) is 69.9 Å². The second-order valence-corrected chi connectivity index (χ2v) is 5.12. The molecule has 0 amide bonds. The van der Waals surface area contributed by atoms with Gasteiger partial charge in [-0.2, -0.15) is 5.10 Å². The standard InChI is InChI=1S/C17H16N4O2/c1-11-10-15(8-9-18-11)21-16(19-12(2)20-21)13-4-6-14(7-5-13)17(22)23-3/h4-10H,1-3H3. The van der Waals surface area contributed by atoms with Crippen LogP contribution in [0.2, 0.25) is 0 Å². The van der Waals surface area contributed by atoms with Gasteiger partial charge in [0.15, 0.2) is 5.82 Å². The van der Waals surface area contributed by atoms with Crippen molar-refractivity contribution >= 4 is 5.97 Å². The lowest BCUT2D eigenvalue weighted by atomic mass is 10.1. The first-order valence-corrected chi connectivity index (χ1v) is 7.14. The molecular weight excluding hydrogens is 292 g/mol. The van der Waals surface area contributed by atoms with Gasteiger partial charge < -0.3 is 4.74 Å². The van der Waals surface area contributed by atoms with Crippen molar-refractivity contribution in [2.24, 2.45) is 0 Å². The average molecular weight is 308 g/mol. The molecule has 2 heterocycles. The third-order valence-electron chi connectivity index (χ3n) is 3.40. The summed E-state index contributed by atoms with van der Waals surface area (Å²) in [7, 11) is 1.36. The van der Waals surface area contributed by atoms with Gasteiger partial charge in [0, 0.05) is 17.5 Å². The monoisotopic (exact) mass is 308 g/mol. The molecule has 0 radical (unpaired) electrons. The molecule has 116 valence electrons. The van der Waals surface area contributed by atoms with Gasteiger partial charge in [-0.3, -0.25) is 4.98 Å². The van der Waals surface area contributed by atoms with Crippen molar-refractivity contribution in [3.63, 3.8) is 0 Å². The molecule has 3 aromatic rings. The van der Waals surface area contributed by atoms with E-state index >= 15 is 0 Å². The van der Waals surface area contributed by atoms with Gasteiger partial charge in [-0.1, -0.05) is 12.1 Å². The zero-order chi connectivity index (χ0) is 16.4. The number of methoxy groups -OCH3 is 1. The largest absolute Gasteiger partial charge is 0.465 e. The van der Waals surface area contributed by atoms with Gasteiger partial charge in [0.1, 0.15) is 5.82 Å². The number of aromatic nitrogens is 4. The Morgan fingerprint density at radius 3 is 2.52 bits per heavy atom. The van der Waals surface area contributed by atoms with E-state index in [2.05, 4.69) is 15.1 Å². The van der Waals surface area contributed by atoms with E-state index in [1.165, 1.54) is 7.11 Å². The van der Waals surface area contributed by atoms with E-state index in [0.29, 0.717) is 17.2 Å². The van der Waals surface area contributed by atoms with Crippen LogP contribution in [0.3, 0.4) is 0 Å². The van der Waals surface area contributed by atoms with Crippen molar-refractivity contribution in [3.8, 4) is 17.1 Å². The fourth-order valence-corrected chi connectivity index (χ4v) is 2.32. The van der Waals surface area contributed by atoms with Crippen LogP contribution in [0.15, 0.2) is 42.6 Å². The van der Waals surface area contributed by atoms with E-state index in [-0.39, 0.29) is 5.97 Å². The molecule has 1 aromatic carbocycles. The van der Waals surface area contributed by atoms with E-state index in [4.69, 9.17) is 4.74 Å². The third kappa shape index (κ3) is 2.96. The van der Waals surface area contributed by atoms with Crippen LogP contribution < -0.4 is 0 Å². The minimum Gasteiger partial charge on any atom is -0.465 e. The third-order valence-corrected chi connectivity index (χ3v) is 3.40. The van der Waals surface area contributed by atoms with Gasteiger partial charge in [-0.15, -0.1) is 0 Å². The number of ether oxygens (including phenoxy) is 1. The number of carbonyl (C=O) groups is 1. The maximum Gasteiger partial charge on any atom is 0.337 e. The average Bonchev–Trinajstić information content (AvgIpc) is 2.96. The Bertz CT molecular complexity index is 853. The number of pyridine rings is 1. The Morgan fingerprint density at radius 2 is 1.87 bits per heavy atom. The predicted molar refractivity (Wildman–Crippen MR) is 85.4 cm³/mol. The summed E-state index contributed by atoms with van der Waals surface area (Å²) in [4.78, 5) is 20.2. The van der Waals surface area contributed by atoms with Crippen LogP contribution in [-0.4, -0.2) is 32.8 Å². The highest BCUT2D eigenvalue weighted by Gasteiger charge is 2.13. The number of hydrogen-bond acceptors (Lipinski definition) is 5. The Hall–Kier alpha value is -3.02. The predicted octanol–water partition coefficient (Wildman–Crippen LogP) is 2.73. The second kappa shape index (κ2) is 6.00. The van der Waals surface area contributed by atoms with Crippen LogP contribution in [0, 0.1) is 13.8 Å². The van der Waals surface area contributed by atoms with Crippen LogP contribution in [-0.2, 0) is 4.74 Å². The Morgan fingerprint density at radius 1 is 1.13 bits per heavy atom. The Kier molecular flexibility index (Phi) is 3.89. The zero-order valence-electron chi connectivity index (χ0n) is 13.1. The smallest absolute Gasteiger partial charge is 0.337 e. The van der Waals surface area contributed by atoms with Crippen molar-refractivity contribution in [1.82, 2.24) is 19.7 Å². The summed E-state index contributed by atoms with van der Waals surface area (Å²) in [5, 5.41) is 4.46. The van der Waals surface area contributed by atoms with Crippen molar-refractivity contribution in [2.75, 3.05) is 7.11 Å². The number of aryl methyl sites for hydroxylation is 2. The lowest BCUT2D eigenvalue weighted by Gasteiger charge is -2.07. The molecule has 0 aliphatic carbocycles. The molecule has 0 aliphatic rings. The van der Waals surface area contributed by atoms with Crippen LogP contribution >= 0.6 is 0 Å². The Labute approximate surface area is 133 Å². The minimum absolute atomic E-state index is 0.362. The summed E-state index contributed by atoms with van der Waals surface area (Å²) in [6.07, 6.45) is 1.74. The van der Waals surface area contributed by atoms with E-state index in [1.807, 2.05) is 38.1 Å². The molecule has 6 nitrogen and oxygen atoms in total. The van der Waals surface area contributed by atoms with Gasteiger partial charge >= 0.3 is 5.97 Å². The number of nitrogens with zero attached hydrogens (tertiary/aromatic N) is 4. The Balaban J connectivity index is 2.05. The lowest BCUT2D eigenvalue weighted by Crippen LogP contribution is -2.02. The molecule has 0 spiro atoms. The molecule has 0 unspecified atom stereocenters. The maximum absolute atomic E-state index is 11.5. The summed E-state index contributed by atoms with van der Waals surface area (Å²) < 4.78 is 6.49. The van der Waals surface area contributed by atoms with Gasteiger partial charge in [0.05, 0.1) is 18.4 Å². The second-order valence-electron chi connectivity index (χ2n) is 5.12. The molecule has 2 aromatic heterocycles. The van der Waals surface area contributed by atoms with E-state index in [9.17, 15) is 4.79 Å². The summed E-state index contributed by atoms with van der Waals surface area (Å²) in [5.41, 5.74) is 3.17. The normalized spacial score (nSPS) is 10.6. The quantitative estimate of drug-likeness (QED) is 0.696. The fourth-order valence-electron chi connectivity index (χ4n) is 2.32. The molecule has 0 atom stereocenters. The van der Waals surface area contributed by atoms with E-state index < -0.39 is 0 Å². The zero-order valence-corrected chi connectivity index (χ0v) is 13.1. The van der Waals surface area contributed by atoms with Crippen LogP contribution in [0.5, 0.6) is 0 Å². The summed E-state index contributed by atoms with van der Waals surface area (Å²) in [6.45, 7) is 3.77. The molecule has 0 bridgehead atoms. The van der Waals surface area contributed by atoms with E-state index in [1.54, 1.807) is 23.0 Å². The van der Waals surface area contributed by atoms with Crippen molar-refractivity contribution in [1.29, 1.82) is 0 Å². The van der Waals surface area contributed by atoms with E-state index in [0.717, 1.165) is 16.9 Å². The van der Waals surface area contributed by atoms with Crippen molar-refractivity contribution < 1.29 is 9.53 Å². The number of benzene rings is 1. The summed E-state index contributed by atoms with van der Waals surface area (Å²) in [5.74, 6) is 1.02. The minimum atomic E-state index is -0.362. The highest BCUT2D eigenvalue weighted by molar-refractivity contribution is 5.89. The molecule has 0 fully saturated rings. The molecule has 0 aliphatic heterocycles. The first-order valence-electron chi connectivity index (χ1n) is 7.14. The fraction of sp³-hybridized carbons (Fsp3) is 0.176. The summed E-state index contributed by atoms with van der Waals surface area (Å²) >= 11 is 0. The van der Waals surface area contributed by atoms with Gasteiger partial charge in [-0.05, 0) is 38.1 Å². The number of hydrogen-bond donors (Lipinski definition) is 0. The van der Waals surface area contributed by atoms with Crippen LogP contribution in [0.25, 0.3) is 17.1 Å². The van der Waals surface area contributed by atoms with Crippen LogP contribution in [0.1, 0.15) is 21.9 Å². The number of rotatable bonds is 3. The number of esters is 1. The SMILES string of the molecule is COC(=O)c1ccc(-c2nc(C)nn2-c2ccnc(C)c2)cc1. The first kappa shape index (κ1) is 14.9. The molecule has 3 rings (SSSR count). The highest BCUT2D eigenvalue weighted by Crippen LogP contribution is 2.22. The molecular formula is C17H16N4O2. The van der Waals surface area contributed by atoms with Gasteiger partial charge in [0.25, 0.3) is 0 Å². The molecule has 23 heavy (non-hydrogen) atoms. The first-order chi connectivity index (χ1) is 11.1. The molecule has 0 saturated heterocycles. The number of carbonyl (C=O) groups excluding carboxylic acids is 1. The molecule has 6 heteroatoms. The summed E-state index contributed by atoms with van der Waals surface area (Å²) in [6, 6.07) is 10.9. The van der Waals surface area contributed by atoms with Crippen molar-refractivity contribution in [3.05, 3.63) is 59.7 Å². The molecule has 0 N–H and O–H groups in total. The highest BCUT2D eigenvalue weighted by atomic mass is 16.5. The van der Waals surface area contributed by atoms with Gasteiger partial charge in [-0.25, -0.2) is 14.5 Å². The molecule has 0 saturated carbocycles. The maximum atomic E-state index is 11.5. The van der Waals surface area contributed by atoms with Crippen molar-refractivity contribution in [2.45, 2.75) is 13.8 Å². The van der Waals surface area contributed by atoms with Gasteiger partial charge in [0.2, 0.25) is 0 Å². The van der Waals surface area contributed by atoms with Crippen LogP contribution in [0.4, 0.5) is 0 Å².